The van der Waals surface area contributed by atoms with Crippen LogP contribution in [-0.4, -0.2) is 36.1 Å². The molecule has 0 aliphatic carbocycles. The highest BCUT2D eigenvalue weighted by Crippen LogP contribution is 2.27. The van der Waals surface area contributed by atoms with Gasteiger partial charge in [0.1, 0.15) is 5.66 Å². The largest absolute Gasteiger partial charge is 0.481 e. The molecule has 0 fully saturated rings. The minimum Gasteiger partial charge on any atom is -0.481 e. The number of hydrogen-bond donors (Lipinski definition) is 1. The summed E-state index contributed by atoms with van der Waals surface area (Å²) in [4.78, 5) is 10.4. The molecule has 2 atom stereocenters. The van der Waals surface area contributed by atoms with Crippen LogP contribution in [0.25, 0.3) is 0 Å². The van der Waals surface area contributed by atoms with Gasteiger partial charge in [0.05, 0.1) is 14.4 Å². The highest BCUT2D eigenvalue weighted by Gasteiger charge is 2.17. The smallest absolute Gasteiger partial charge is 0.313 e. The molecule has 0 bridgehead atoms. The number of carboxylic acid groups (broad SMARTS) is 1. The zero-order valence-electron chi connectivity index (χ0n) is 7.37. The second-order valence-corrected chi connectivity index (χ2v) is 4.77. The molecule has 0 saturated heterocycles. The van der Waals surface area contributed by atoms with E-state index in [1.54, 1.807) is 0 Å². The van der Waals surface area contributed by atoms with E-state index in [4.69, 9.17) is 9.84 Å². The van der Waals surface area contributed by atoms with Crippen molar-refractivity contribution in [3.8, 4) is 0 Å². The van der Waals surface area contributed by atoms with E-state index in [0.29, 0.717) is 19.4 Å². The van der Waals surface area contributed by atoms with Crippen molar-refractivity contribution in [3.05, 3.63) is 0 Å². The Morgan fingerprint density at radius 1 is 1.67 bits per heavy atom. The fraction of sp³-hybridized carbons (Fsp3) is 0.857. The molecule has 0 aromatic carbocycles. The van der Waals surface area contributed by atoms with Gasteiger partial charge in [-0.1, -0.05) is 0 Å². The summed E-state index contributed by atoms with van der Waals surface area (Å²) in [5, 5.41) is 8.49. The zero-order valence-corrected chi connectivity index (χ0v) is 8.37. The van der Waals surface area contributed by atoms with Crippen molar-refractivity contribution in [2.24, 2.45) is 0 Å². The van der Waals surface area contributed by atoms with E-state index in [1.165, 1.54) is 6.92 Å². The van der Waals surface area contributed by atoms with E-state index in [1.807, 2.05) is 6.92 Å². The molecule has 2 unspecified atom stereocenters. The predicted octanol–water partition coefficient (Wildman–Crippen LogP) is 1.06. The number of aliphatic carboxylic acids is 1. The first-order valence-electron chi connectivity index (χ1n) is 3.92. The topological polar surface area (TPSA) is 63.6 Å². The van der Waals surface area contributed by atoms with Crippen LogP contribution in [0.1, 0.15) is 13.8 Å². The maximum atomic E-state index is 11.2. The Hall–Kier alpha value is -0.340. The third-order valence-electron chi connectivity index (χ3n) is 1.55. The lowest BCUT2D eigenvalue weighted by Gasteiger charge is -2.05. The van der Waals surface area contributed by atoms with Crippen molar-refractivity contribution < 1.29 is 19.2 Å². The van der Waals surface area contributed by atoms with Crippen molar-refractivity contribution in [1.29, 1.82) is 0 Å². The SMILES string of the molecule is CCOCC[PH](=O)C(C)C(=O)O. The van der Waals surface area contributed by atoms with Gasteiger partial charge in [-0.25, -0.2) is 0 Å². The zero-order chi connectivity index (χ0) is 9.56. The molecule has 0 spiro atoms. The second-order valence-electron chi connectivity index (χ2n) is 2.47. The van der Waals surface area contributed by atoms with E-state index in [-0.39, 0.29) is 0 Å². The molecule has 12 heavy (non-hydrogen) atoms. The predicted molar refractivity (Wildman–Crippen MR) is 47.5 cm³/mol. The van der Waals surface area contributed by atoms with Gasteiger partial charge in [0, 0.05) is 12.8 Å². The second kappa shape index (κ2) is 6.21. The maximum absolute atomic E-state index is 11.2. The Balaban J connectivity index is 3.65. The van der Waals surface area contributed by atoms with E-state index < -0.39 is 19.4 Å². The third kappa shape index (κ3) is 4.52. The number of hydrogen-bond acceptors (Lipinski definition) is 3. The quantitative estimate of drug-likeness (QED) is 0.507. The van der Waals surface area contributed by atoms with Crippen LogP contribution < -0.4 is 0 Å². The molecular weight excluding hydrogens is 179 g/mol. The normalized spacial score (nSPS) is 15.5. The summed E-state index contributed by atoms with van der Waals surface area (Å²) in [6, 6.07) is 0. The lowest BCUT2D eigenvalue weighted by Crippen LogP contribution is -2.13. The summed E-state index contributed by atoms with van der Waals surface area (Å²) in [5.74, 6) is -0.990. The fourth-order valence-electron chi connectivity index (χ4n) is 0.671. The van der Waals surface area contributed by atoms with Crippen LogP contribution in [-0.2, 0) is 14.1 Å². The first kappa shape index (κ1) is 11.7. The van der Waals surface area contributed by atoms with Crippen LogP contribution in [0.4, 0.5) is 0 Å². The van der Waals surface area contributed by atoms with Crippen LogP contribution in [0.2, 0.25) is 0 Å². The van der Waals surface area contributed by atoms with E-state index >= 15 is 0 Å². The van der Waals surface area contributed by atoms with Gasteiger partial charge in [0.25, 0.3) is 0 Å². The van der Waals surface area contributed by atoms with E-state index in [2.05, 4.69) is 0 Å². The Labute approximate surface area is 72.7 Å². The Bertz CT molecular complexity index is 169. The van der Waals surface area contributed by atoms with Crippen molar-refractivity contribution >= 4 is 13.8 Å². The van der Waals surface area contributed by atoms with Crippen LogP contribution in [0.15, 0.2) is 0 Å². The molecule has 1 N–H and O–H groups in total. The Morgan fingerprint density at radius 2 is 2.25 bits per heavy atom. The summed E-state index contributed by atoms with van der Waals surface area (Å²) in [6.45, 7) is 4.29. The summed E-state index contributed by atoms with van der Waals surface area (Å²) in [5.41, 5.74) is -0.726. The molecule has 72 valence electrons. The van der Waals surface area contributed by atoms with Gasteiger partial charge in [-0.2, -0.15) is 0 Å². The standard InChI is InChI=1S/C7H15O4P/c1-3-11-4-5-12(10)6(2)7(8)9/h6,12H,3-5H2,1-2H3,(H,8,9). The van der Waals surface area contributed by atoms with Crippen LogP contribution in [0, 0.1) is 0 Å². The molecule has 5 heteroatoms. The highest BCUT2D eigenvalue weighted by molar-refractivity contribution is 7.46. The van der Waals surface area contributed by atoms with Gasteiger partial charge >= 0.3 is 5.97 Å². The Kier molecular flexibility index (Phi) is 6.03. The summed E-state index contributed by atoms with van der Waals surface area (Å²) < 4.78 is 16.2. The van der Waals surface area contributed by atoms with Gasteiger partial charge in [-0.05, 0) is 13.8 Å². The van der Waals surface area contributed by atoms with Crippen molar-refractivity contribution in [1.82, 2.24) is 0 Å². The Morgan fingerprint density at radius 3 is 2.67 bits per heavy atom. The number of carboxylic acids is 1. The van der Waals surface area contributed by atoms with Crippen LogP contribution >= 0.6 is 7.80 Å². The maximum Gasteiger partial charge on any atom is 0.313 e. The lowest BCUT2D eigenvalue weighted by molar-refractivity contribution is -0.136. The number of ether oxygens (including phenoxy) is 1. The lowest BCUT2D eigenvalue weighted by atomic mass is 10.5. The molecule has 0 amide bonds. The van der Waals surface area contributed by atoms with E-state index in [0.717, 1.165) is 0 Å². The average Bonchev–Trinajstić information content (AvgIpc) is 2.03. The first-order valence-corrected chi connectivity index (χ1v) is 5.62. The molecular formula is C7H15O4P. The van der Waals surface area contributed by atoms with Gasteiger partial charge < -0.3 is 14.4 Å². The third-order valence-corrected chi connectivity index (χ3v) is 3.46. The van der Waals surface area contributed by atoms with Crippen molar-refractivity contribution in [2.45, 2.75) is 19.5 Å². The molecule has 0 aromatic heterocycles. The fourth-order valence-corrected chi connectivity index (χ4v) is 1.73. The highest BCUT2D eigenvalue weighted by atomic mass is 31.1. The van der Waals surface area contributed by atoms with Crippen molar-refractivity contribution in [2.75, 3.05) is 19.4 Å². The molecule has 0 radical (unpaired) electrons. The molecule has 0 rings (SSSR count). The monoisotopic (exact) mass is 194 g/mol. The summed E-state index contributed by atoms with van der Waals surface area (Å²) in [6.07, 6.45) is 0.367. The van der Waals surface area contributed by atoms with Crippen molar-refractivity contribution in [3.63, 3.8) is 0 Å². The molecule has 0 aliphatic heterocycles. The van der Waals surface area contributed by atoms with Crippen LogP contribution in [0.3, 0.4) is 0 Å². The minimum atomic E-state index is -2.01. The molecule has 4 nitrogen and oxygen atoms in total. The molecule has 0 aliphatic rings. The minimum absolute atomic E-state index is 0.367. The van der Waals surface area contributed by atoms with Gasteiger partial charge in [0.2, 0.25) is 0 Å². The molecule has 0 saturated carbocycles. The first-order chi connectivity index (χ1) is 5.59. The van der Waals surface area contributed by atoms with Gasteiger partial charge in [0.15, 0.2) is 0 Å². The number of rotatable bonds is 6. The van der Waals surface area contributed by atoms with Gasteiger partial charge in [-0.15, -0.1) is 0 Å². The molecule has 0 aromatic rings. The van der Waals surface area contributed by atoms with E-state index in [9.17, 15) is 9.36 Å². The van der Waals surface area contributed by atoms with Gasteiger partial charge in [-0.3, -0.25) is 4.79 Å². The average molecular weight is 194 g/mol. The number of carbonyl (C=O) groups is 1. The summed E-state index contributed by atoms with van der Waals surface area (Å²) in [7, 11) is -2.01. The summed E-state index contributed by atoms with van der Waals surface area (Å²) >= 11 is 0. The molecule has 0 heterocycles. The van der Waals surface area contributed by atoms with Crippen LogP contribution in [0.5, 0.6) is 0 Å².